The fraction of sp³-hybridized carbons (Fsp3) is 0.280. The van der Waals surface area contributed by atoms with Crippen molar-refractivity contribution in [1.29, 1.82) is 0 Å². The Kier molecular flexibility index (Phi) is 12.3. The number of ether oxygens (including phenoxy) is 1. The van der Waals surface area contributed by atoms with Crippen molar-refractivity contribution in [3.05, 3.63) is 90.0 Å². The minimum atomic E-state index is -0.471. The molecule has 0 aliphatic heterocycles. The average Bonchev–Trinajstić information content (AvgIpc) is 2.89. The van der Waals surface area contributed by atoms with E-state index >= 15 is 0 Å². The van der Waals surface area contributed by atoms with Gasteiger partial charge in [-0.25, -0.2) is 13.6 Å². The molecular weight excluding hydrogens is 577 g/mol. The second-order valence-corrected chi connectivity index (χ2v) is 9.69. The number of carbonyl (C=O) groups is 1. The van der Waals surface area contributed by atoms with Gasteiger partial charge in [-0.1, -0.05) is 35.4 Å². The van der Waals surface area contributed by atoms with Crippen molar-refractivity contribution in [3.63, 3.8) is 0 Å². The smallest absolute Gasteiger partial charge is 0.351 e. The van der Waals surface area contributed by atoms with Gasteiger partial charge in [0, 0.05) is 14.9 Å². The number of hydrogen-bond donors (Lipinski definition) is 1. The van der Waals surface area contributed by atoms with Crippen molar-refractivity contribution in [3.8, 4) is 0 Å². The fourth-order valence-electron chi connectivity index (χ4n) is 3.01. The van der Waals surface area contributed by atoms with Crippen LogP contribution in [0.15, 0.2) is 46.2 Å². The molecule has 0 aliphatic rings. The minimum Gasteiger partial charge on any atom is -0.465 e. The summed E-state index contributed by atoms with van der Waals surface area (Å²) in [6.07, 6.45) is 1.10. The van der Waals surface area contributed by atoms with Gasteiger partial charge in [0.15, 0.2) is 4.77 Å². The maximum absolute atomic E-state index is 13.1. The van der Waals surface area contributed by atoms with Crippen LogP contribution in [0.1, 0.15) is 30.2 Å². The van der Waals surface area contributed by atoms with Gasteiger partial charge in [-0.2, -0.15) is 5.10 Å². The Hall–Kier alpha value is -2.86. The number of aliphatic imine (C=N–C) groups is 1. The number of hydrogen-bond acceptors (Lipinski definition) is 7. The monoisotopic (exact) mass is 600 g/mol. The van der Waals surface area contributed by atoms with E-state index in [4.69, 9.17) is 47.6 Å². The summed E-state index contributed by atoms with van der Waals surface area (Å²) in [6, 6.07) is 8.21. The van der Waals surface area contributed by atoms with Crippen LogP contribution in [0.3, 0.4) is 0 Å². The van der Waals surface area contributed by atoms with Crippen molar-refractivity contribution in [2.75, 3.05) is 13.7 Å². The Labute approximate surface area is 238 Å². The predicted molar refractivity (Wildman–Crippen MR) is 151 cm³/mol. The number of aryl methyl sites for hydroxylation is 2. The molecule has 1 heterocycles. The summed E-state index contributed by atoms with van der Waals surface area (Å²) in [6.45, 7) is 3.51. The molecule has 0 spiro atoms. The van der Waals surface area contributed by atoms with Gasteiger partial charge >= 0.3 is 5.97 Å². The summed E-state index contributed by atoms with van der Waals surface area (Å²) in [5.74, 6) is -1.21. The summed E-state index contributed by atoms with van der Waals surface area (Å²) in [5.41, 5.74) is 1.44. The highest BCUT2D eigenvalue weighted by Gasteiger charge is 2.09. The van der Waals surface area contributed by atoms with E-state index < -0.39 is 11.8 Å². The van der Waals surface area contributed by atoms with Gasteiger partial charge in [0.1, 0.15) is 23.0 Å². The Bertz CT molecular complexity index is 1480. The number of rotatable bonds is 8. The third kappa shape index (κ3) is 9.46. The zero-order valence-corrected chi connectivity index (χ0v) is 23.8. The van der Waals surface area contributed by atoms with Gasteiger partial charge in [0.05, 0.1) is 20.2 Å². The number of aromatic amines is 1. The highest BCUT2D eigenvalue weighted by molar-refractivity contribution is 7.80. The molecule has 0 unspecified atom stereocenters. The van der Waals surface area contributed by atoms with Gasteiger partial charge in [-0.15, -0.1) is 0 Å². The number of nitrogens with zero attached hydrogens (tertiary/aromatic N) is 3. The number of methoxy groups -OCH3 is 1. The molecule has 0 amide bonds. The van der Waals surface area contributed by atoms with Crippen LogP contribution in [0, 0.1) is 23.3 Å². The molecule has 202 valence electrons. The number of thiocarbonyl (C=S) groups is 1. The molecule has 38 heavy (non-hydrogen) atoms. The Morgan fingerprint density at radius 3 is 2.32 bits per heavy atom. The first-order valence-electron chi connectivity index (χ1n) is 11.1. The van der Waals surface area contributed by atoms with Crippen molar-refractivity contribution in [1.82, 2.24) is 14.8 Å². The summed E-state index contributed by atoms with van der Waals surface area (Å²) in [4.78, 5) is 27.7. The van der Waals surface area contributed by atoms with Crippen molar-refractivity contribution in [2.45, 2.75) is 33.2 Å². The molecule has 0 bridgehead atoms. The van der Waals surface area contributed by atoms with E-state index in [1.54, 1.807) is 13.8 Å². The standard InChI is InChI=1S/C14H15ClFNO2S.C11H9ClFN3OS/c1-9(14(18)19-2)17-8-12(20)5-3-10-7-11(16)4-6-13(10)15;1-6-10(17)16(11(18)15-14-6)5-7-4-8(13)2-3-9(7)12/h4,6-7H,3,5,8H2,1-2H3;2-4H,5H2,1H3,(H,15,18). The maximum Gasteiger partial charge on any atom is 0.351 e. The molecule has 0 atom stereocenters. The van der Waals surface area contributed by atoms with Crippen LogP contribution in [0.5, 0.6) is 0 Å². The van der Waals surface area contributed by atoms with Gasteiger partial charge in [0.25, 0.3) is 5.56 Å². The van der Waals surface area contributed by atoms with Crippen molar-refractivity contribution < 1.29 is 18.3 Å². The summed E-state index contributed by atoms with van der Waals surface area (Å²) in [7, 11) is 1.30. The number of H-pyrrole nitrogens is 1. The van der Waals surface area contributed by atoms with Crippen molar-refractivity contribution >= 4 is 64.2 Å². The summed E-state index contributed by atoms with van der Waals surface area (Å²) < 4.78 is 32.2. The lowest BCUT2D eigenvalue weighted by atomic mass is 10.1. The molecule has 0 fully saturated rings. The average molecular weight is 602 g/mol. The lowest BCUT2D eigenvalue weighted by Gasteiger charge is -2.08. The molecule has 1 N–H and O–H groups in total. The first-order chi connectivity index (χ1) is 17.9. The van der Waals surface area contributed by atoms with Crippen molar-refractivity contribution in [2.24, 2.45) is 4.99 Å². The lowest BCUT2D eigenvalue weighted by molar-refractivity contribution is -0.132. The van der Waals surface area contributed by atoms with E-state index in [1.165, 1.54) is 48.1 Å². The molecule has 0 aliphatic carbocycles. The van der Waals surface area contributed by atoms with Crippen LogP contribution in [0.2, 0.25) is 10.0 Å². The van der Waals surface area contributed by atoms with E-state index in [0.29, 0.717) is 38.9 Å². The number of carbonyl (C=O) groups excluding carboxylic acids is 1. The molecule has 2 aromatic carbocycles. The van der Waals surface area contributed by atoms with Crippen LogP contribution < -0.4 is 5.56 Å². The van der Waals surface area contributed by atoms with Gasteiger partial charge < -0.3 is 4.74 Å². The first-order valence-corrected chi connectivity index (χ1v) is 12.6. The number of esters is 1. The fourth-order valence-corrected chi connectivity index (χ4v) is 3.76. The molecule has 0 saturated carbocycles. The van der Waals surface area contributed by atoms with E-state index in [-0.39, 0.29) is 40.6 Å². The molecular formula is C25H24Cl2F2N4O3S2. The molecule has 0 saturated heterocycles. The zero-order valence-electron chi connectivity index (χ0n) is 20.7. The van der Waals surface area contributed by atoms with E-state index in [0.717, 1.165) is 0 Å². The van der Waals surface area contributed by atoms with E-state index in [9.17, 15) is 18.4 Å². The molecule has 7 nitrogen and oxygen atoms in total. The van der Waals surface area contributed by atoms with Crippen LogP contribution in [0.4, 0.5) is 8.78 Å². The Morgan fingerprint density at radius 1 is 1.13 bits per heavy atom. The van der Waals surface area contributed by atoms with Gasteiger partial charge in [-0.05, 0) is 86.4 Å². The van der Waals surface area contributed by atoms with Gasteiger partial charge in [-0.3, -0.25) is 19.5 Å². The molecule has 1 aromatic heterocycles. The lowest BCUT2D eigenvalue weighted by Crippen LogP contribution is -2.26. The second-order valence-electron chi connectivity index (χ2n) is 7.91. The molecule has 0 radical (unpaired) electrons. The summed E-state index contributed by atoms with van der Waals surface area (Å²) >= 11 is 22.1. The van der Waals surface area contributed by atoms with Crippen LogP contribution in [0.25, 0.3) is 0 Å². The minimum absolute atomic E-state index is 0.105. The molecule has 3 aromatic rings. The van der Waals surface area contributed by atoms with E-state index in [1.807, 2.05) is 0 Å². The quantitative estimate of drug-likeness (QED) is 0.198. The largest absolute Gasteiger partial charge is 0.465 e. The topological polar surface area (TPSA) is 89.3 Å². The number of halogens is 4. The highest BCUT2D eigenvalue weighted by atomic mass is 35.5. The normalized spacial score (nSPS) is 11.0. The number of nitrogens with one attached hydrogen (secondary N) is 1. The number of aromatic nitrogens is 3. The Balaban J connectivity index is 0.000000268. The third-order valence-corrected chi connectivity index (χ3v) is 6.49. The first kappa shape index (κ1) is 31.4. The number of benzene rings is 2. The predicted octanol–water partition coefficient (Wildman–Crippen LogP) is 5.87. The Morgan fingerprint density at radius 2 is 1.71 bits per heavy atom. The second kappa shape index (κ2) is 14.9. The summed E-state index contributed by atoms with van der Waals surface area (Å²) in [5, 5.41) is 7.20. The van der Waals surface area contributed by atoms with Crippen LogP contribution in [-0.2, 0) is 22.5 Å². The van der Waals surface area contributed by atoms with Crippen LogP contribution >= 0.6 is 47.6 Å². The van der Waals surface area contributed by atoms with Gasteiger partial charge in [0.2, 0.25) is 0 Å². The maximum atomic E-state index is 13.1. The van der Waals surface area contributed by atoms with Crippen LogP contribution in [-0.4, -0.2) is 45.0 Å². The SMILES string of the molecule is COC(=O)C(C)=NCC(=S)CCc1cc(F)ccc1Cl.Cc1n[nH]c(=S)n(Cc2cc(F)ccc2Cl)c1=O. The van der Waals surface area contributed by atoms with E-state index in [2.05, 4.69) is 19.9 Å². The molecule has 3 rings (SSSR count). The zero-order chi connectivity index (χ0) is 28.4. The molecule has 13 heteroatoms. The third-order valence-electron chi connectivity index (χ3n) is 5.11. The highest BCUT2D eigenvalue weighted by Crippen LogP contribution is 2.19.